The lowest BCUT2D eigenvalue weighted by atomic mass is 10.1. The number of benzene rings is 1. The Hall–Kier alpha value is -2.41. The van der Waals surface area contributed by atoms with Gasteiger partial charge in [0.2, 0.25) is 0 Å². The number of carbonyl (C=O) groups excluding carboxylic acids is 1. The molecule has 1 aliphatic heterocycles. The number of nitrogens with two attached hydrogens (primary N) is 1. The second kappa shape index (κ2) is 7.23. The van der Waals surface area contributed by atoms with Crippen LogP contribution in [0.25, 0.3) is 11.3 Å². The lowest BCUT2D eigenvalue weighted by Crippen LogP contribution is -2.24. The first kappa shape index (κ1) is 15.5. The van der Waals surface area contributed by atoms with Crippen LogP contribution in [0.3, 0.4) is 0 Å². The molecule has 1 aromatic heterocycles. The van der Waals surface area contributed by atoms with E-state index in [2.05, 4.69) is 15.2 Å². The Bertz CT molecular complexity index is 664. The van der Waals surface area contributed by atoms with Crippen LogP contribution in [0.2, 0.25) is 0 Å². The van der Waals surface area contributed by atoms with Crippen LogP contribution in [0.4, 0.5) is 0 Å². The smallest absolute Gasteiger partial charge is 0.255 e. The van der Waals surface area contributed by atoms with Crippen molar-refractivity contribution < 1.29 is 9.53 Å². The number of aromatic nitrogens is 3. The van der Waals surface area contributed by atoms with E-state index >= 15 is 0 Å². The van der Waals surface area contributed by atoms with Crippen LogP contribution >= 0.6 is 0 Å². The first-order valence-electron chi connectivity index (χ1n) is 7.85. The first-order chi connectivity index (χ1) is 11.2. The van der Waals surface area contributed by atoms with E-state index in [0.717, 1.165) is 24.3 Å². The molecule has 3 rings (SSSR count). The van der Waals surface area contributed by atoms with E-state index < -0.39 is 5.91 Å². The monoisotopic (exact) mass is 315 g/mol. The summed E-state index contributed by atoms with van der Waals surface area (Å²) in [5.41, 5.74) is 6.77. The summed E-state index contributed by atoms with van der Waals surface area (Å²) in [5, 5.41) is 8.40. The maximum atomic E-state index is 10.8. The second-order valence-electron chi connectivity index (χ2n) is 5.70. The van der Waals surface area contributed by atoms with Gasteiger partial charge in [-0.05, 0) is 38.1 Å². The molecule has 122 valence electrons. The van der Waals surface area contributed by atoms with Gasteiger partial charge in [-0.3, -0.25) is 9.48 Å². The number of ether oxygens (including phenoxy) is 1. The highest BCUT2D eigenvalue weighted by Crippen LogP contribution is 2.21. The van der Waals surface area contributed by atoms with Gasteiger partial charge in [0.05, 0.1) is 12.7 Å². The summed E-state index contributed by atoms with van der Waals surface area (Å²) < 4.78 is 7.18. The largest absolute Gasteiger partial charge is 0.484 e. The standard InChI is InChI=1S/C16H21N5O2/c17-16(22)12-23-14-5-3-4-13(10-14)15-11-21(19-18-15)9-8-20-6-1-2-7-20/h3-5,10-11H,1-2,6-9,12H2,(H2,17,22). The summed E-state index contributed by atoms with van der Waals surface area (Å²) in [6.45, 7) is 4.07. The van der Waals surface area contributed by atoms with Gasteiger partial charge in [0.15, 0.2) is 6.61 Å². The summed E-state index contributed by atoms with van der Waals surface area (Å²) in [7, 11) is 0. The van der Waals surface area contributed by atoms with Gasteiger partial charge >= 0.3 is 0 Å². The lowest BCUT2D eigenvalue weighted by molar-refractivity contribution is -0.119. The minimum atomic E-state index is -0.497. The maximum absolute atomic E-state index is 10.8. The molecule has 1 aromatic carbocycles. The Kier molecular flexibility index (Phi) is 4.87. The van der Waals surface area contributed by atoms with Gasteiger partial charge in [-0.25, -0.2) is 0 Å². The molecule has 23 heavy (non-hydrogen) atoms. The molecule has 1 aliphatic rings. The molecule has 7 nitrogen and oxygen atoms in total. The van der Waals surface area contributed by atoms with Gasteiger partial charge in [0.1, 0.15) is 11.4 Å². The minimum absolute atomic E-state index is 0.133. The molecule has 1 saturated heterocycles. The highest BCUT2D eigenvalue weighted by Gasteiger charge is 2.12. The van der Waals surface area contributed by atoms with Crippen LogP contribution in [0, 0.1) is 0 Å². The third kappa shape index (κ3) is 4.29. The zero-order chi connectivity index (χ0) is 16.1. The molecule has 0 radical (unpaired) electrons. The number of nitrogens with zero attached hydrogens (tertiary/aromatic N) is 4. The van der Waals surface area contributed by atoms with Crippen molar-refractivity contribution in [3.8, 4) is 17.0 Å². The van der Waals surface area contributed by atoms with E-state index in [4.69, 9.17) is 10.5 Å². The predicted octanol–water partition coefficient (Wildman–Crippen LogP) is 0.905. The third-order valence-electron chi connectivity index (χ3n) is 3.89. The Labute approximate surface area is 135 Å². The molecule has 0 unspecified atom stereocenters. The number of carbonyl (C=O) groups is 1. The zero-order valence-corrected chi connectivity index (χ0v) is 13.0. The Morgan fingerprint density at radius 3 is 2.87 bits per heavy atom. The first-order valence-corrected chi connectivity index (χ1v) is 7.85. The molecule has 0 saturated carbocycles. The normalized spacial score (nSPS) is 15.0. The summed E-state index contributed by atoms with van der Waals surface area (Å²) in [4.78, 5) is 13.2. The van der Waals surface area contributed by atoms with E-state index in [1.54, 1.807) is 6.07 Å². The van der Waals surface area contributed by atoms with Crippen LogP contribution in [0.1, 0.15) is 12.8 Å². The summed E-state index contributed by atoms with van der Waals surface area (Å²) >= 11 is 0. The van der Waals surface area contributed by atoms with Crippen LogP contribution in [-0.4, -0.2) is 52.0 Å². The van der Waals surface area contributed by atoms with E-state index in [1.165, 1.54) is 25.9 Å². The number of amides is 1. The fourth-order valence-electron chi connectivity index (χ4n) is 2.69. The molecule has 2 heterocycles. The Balaban J connectivity index is 1.62. The number of primary amides is 1. The molecule has 0 spiro atoms. The quantitative estimate of drug-likeness (QED) is 0.820. The van der Waals surface area contributed by atoms with Gasteiger partial charge in [-0.15, -0.1) is 5.10 Å². The Morgan fingerprint density at radius 2 is 2.09 bits per heavy atom. The lowest BCUT2D eigenvalue weighted by Gasteiger charge is -2.13. The van der Waals surface area contributed by atoms with Gasteiger partial charge < -0.3 is 15.4 Å². The van der Waals surface area contributed by atoms with E-state index in [-0.39, 0.29) is 6.61 Å². The molecule has 2 N–H and O–H groups in total. The summed E-state index contributed by atoms with van der Waals surface area (Å²) in [6.07, 6.45) is 4.52. The van der Waals surface area contributed by atoms with Gasteiger partial charge in [0.25, 0.3) is 5.91 Å². The third-order valence-corrected chi connectivity index (χ3v) is 3.89. The fourth-order valence-corrected chi connectivity index (χ4v) is 2.69. The van der Waals surface area contributed by atoms with Gasteiger partial charge in [0, 0.05) is 12.1 Å². The molecular weight excluding hydrogens is 294 g/mol. The highest BCUT2D eigenvalue weighted by molar-refractivity contribution is 5.75. The van der Waals surface area contributed by atoms with Gasteiger partial charge in [-0.2, -0.15) is 0 Å². The highest BCUT2D eigenvalue weighted by atomic mass is 16.5. The van der Waals surface area contributed by atoms with Crippen molar-refractivity contribution in [2.24, 2.45) is 5.73 Å². The van der Waals surface area contributed by atoms with E-state index in [1.807, 2.05) is 29.1 Å². The second-order valence-corrected chi connectivity index (χ2v) is 5.70. The summed E-state index contributed by atoms with van der Waals surface area (Å²) in [5.74, 6) is 0.0937. The number of hydrogen-bond donors (Lipinski definition) is 1. The van der Waals surface area contributed by atoms with Crippen molar-refractivity contribution in [1.82, 2.24) is 19.9 Å². The van der Waals surface area contributed by atoms with Crippen LogP contribution in [-0.2, 0) is 11.3 Å². The van der Waals surface area contributed by atoms with Crippen molar-refractivity contribution >= 4 is 5.91 Å². The SMILES string of the molecule is NC(=O)COc1cccc(-c2cn(CCN3CCCC3)nn2)c1. The van der Waals surface area contributed by atoms with E-state index in [0.29, 0.717) is 5.75 Å². The zero-order valence-electron chi connectivity index (χ0n) is 13.0. The molecule has 2 aromatic rings. The molecule has 0 bridgehead atoms. The molecular formula is C16H21N5O2. The average Bonchev–Trinajstić information content (AvgIpc) is 3.22. The number of likely N-dealkylation sites (tertiary alicyclic amines) is 1. The Morgan fingerprint density at radius 1 is 1.26 bits per heavy atom. The molecule has 1 amide bonds. The van der Waals surface area contributed by atoms with Crippen molar-refractivity contribution in [3.05, 3.63) is 30.5 Å². The van der Waals surface area contributed by atoms with Crippen molar-refractivity contribution in [1.29, 1.82) is 0 Å². The van der Waals surface area contributed by atoms with Crippen molar-refractivity contribution in [2.75, 3.05) is 26.2 Å². The van der Waals surface area contributed by atoms with Crippen LogP contribution in [0.5, 0.6) is 5.75 Å². The minimum Gasteiger partial charge on any atom is -0.484 e. The number of hydrogen-bond acceptors (Lipinski definition) is 5. The fraction of sp³-hybridized carbons (Fsp3) is 0.438. The predicted molar refractivity (Wildman–Crippen MR) is 85.8 cm³/mol. The average molecular weight is 315 g/mol. The molecule has 0 aliphatic carbocycles. The maximum Gasteiger partial charge on any atom is 0.255 e. The van der Waals surface area contributed by atoms with Crippen LogP contribution in [0.15, 0.2) is 30.5 Å². The number of rotatable bonds is 7. The van der Waals surface area contributed by atoms with Crippen molar-refractivity contribution in [3.63, 3.8) is 0 Å². The molecule has 1 fully saturated rings. The molecule has 7 heteroatoms. The van der Waals surface area contributed by atoms with Crippen molar-refractivity contribution in [2.45, 2.75) is 19.4 Å². The topological polar surface area (TPSA) is 86.3 Å². The molecule has 0 atom stereocenters. The van der Waals surface area contributed by atoms with Crippen LogP contribution < -0.4 is 10.5 Å². The summed E-state index contributed by atoms with van der Waals surface area (Å²) in [6, 6.07) is 7.41. The van der Waals surface area contributed by atoms with Gasteiger partial charge in [-0.1, -0.05) is 17.3 Å². The van der Waals surface area contributed by atoms with E-state index in [9.17, 15) is 4.79 Å².